The highest BCUT2D eigenvalue weighted by molar-refractivity contribution is 7.91. The molecule has 2 aliphatic rings. The first-order valence-corrected chi connectivity index (χ1v) is 8.20. The van der Waals surface area contributed by atoms with Crippen LogP contribution >= 0.6 is 0 Å². The van der Waals surface area contributed by atoms with Crippen molar-refractivity contribution < 1.29 is 22.7 Å². The summed E-state index contributed by atoms with van der Waals surface area (Å²) in [6, 6.07) is 0. The molecule has 2 aliphatic heterocycles. The zero-order valence-electron chi connectivity index (χ0n) is 10.6. The Kier molecular flexibility index (Phi) is 3.93. The van der Waals surface area contributed by atoms with Crippen LogP contribution in [0.25, 0.3) is 0 Å². The topological polar surface area (TPSA) is 72.9 Å². The molecule has 1 unspecified atom stereocenters. The van der Waals surface area contributed by atoms with Crippen LogP contribution in [0, 0.1) is 0 Å². The number of sulfone groups is 1. The van der Waals surface area contributed by atoms with E-state index in [0.29, 0.717) is 26.3 Å². The van der Waals surface area contributed by atoms with Gasteiger partial charge < -0.3 is 14.4 Å². The standard InChI is InChI=1S/C11H19NO5S/c1-18(14,15)8-10(13)12-5-7-17-11(9-12)4-2-3-6-16-11/h2-9H2,1H3. The molecule has 0 aliphatic carbocycles. The number of hydrogen-bond acceptors (Lipinski definition) is 5. The van der Waals surface area contributed by atoms with E-state index in [0.717, 1.165) is 25.5 Å². The van der Waals surface area contributed by atoms with Gasteiger partial charge in [-0.25, -0.2) is 8.42 Å². The monoisotopic (exact) mass is 277 g/mol. The van der Waals surface area contributed by atoms with Crippen molar-refractivity contribution in [2.24, 2.45) is 0 Å². The van der Waals surface area contributed by atoms with Crippen LogP contribution in [0.15, 0.2) is 0 Å². The first-order chi connectivity index (χ1) is 8.40. The molecular weight excluding hydrogens is 258 g/mol. The quantitative estimate of drug-likeness (QED) is 0.698. The Hall–Kier alpha value is -0.660. The molecule has 0 aromatic rings. The van der Waals surface area contributed by atoms with Crippen LogP contribution in [0.4, 0.5) is 0 Å². The molecule has 1 spiro atoms. The minimum atomic E-state index is -3.29. The predicted molar refractivity (Wildman–Crippen MR) is 64.8 cm³/mol. The number of amides is 1. The summed E-state index contributed by atoms with van der Waals surface area (Å²) in [7, 11) is -3.29. The average molecular weight is 277 g/mol. The average Bonchev–Trinajstić information content (AvgIpc) is 2.28. The summed E-state index contributed by atoms with van der Waals surface area (Å²) >= 11 is 0. The predicted octanol–water partition coefficient (Wildman–Crippen LogP) is -0.213. The van der Waals surface area contributed by atoms with Gasteiger partial charge in [0.05, 0.1) is 19.8 Å². The SMILES string of the molecule is CS(=O)(=O)CC(=O)N1CCOC2(CCCCO2)C1. The van der Waals surface area contributed by atoms with Crippen molar-refractivity contribution in [3.05, 3.63) is 0 Å². The van der Waals surface area contributed by atoms with E-state index in [9.17, 15) is 13.2 Å². The number of carbonyl (C=O) groups excluding carboxylic acids is 1. The van der Waals surface area contributed by atoms with E-state index in [1.54, 1.807) is 0 Å². The lowest BCUT2D eigenvalue weighted by atomic mass is 10.0. The number of nitrogens with zero attached hydrogens (tertiary/aromatic N) is 1. The number of rotatable bonds is 2. The lowest BCUT2D eigenvalue weighted by Gasteiger charge is -2.44. The van der Waals surface area contributed by atoms with Crippen molar-refractivity contribution in [1.29, 1.82) is 0 Å². The zero-order valence-corrected chi connectivity index (χ0v) is 11.4. The van der Waals surface area contributed by atoms with Gasteiger partial charge in [0.25, 0.3) is 0 Å². The summed E-state index contributed by atoms with van der Waals surface area (Å²) in [4.78, 5) is 13.4. The summed E-state index contributed by atoms with van der Waals surface area (Å²) in [6.45, 7) is 1.80. The maximum atomic E-state index is 11.9. The first kappa shape index (κ1) is 13.8. The fourth-order valence-corrected chi connectivity index (χ4v) is 2.98. The highest BCUT2D eigenvalue weighted by atomic mass is 32.2. The third-order valence-electron chi connectivity index (χ3n) is 3.21. The molecule has 7 heteroatoms. The number of morpholine rings is 1. The summed E-state index contributed by atoms with van der Waals surface area (Å²) in [5.41, 5.74) is 0. The van der Waals surface area contributed by atoms with Gasteiger partial charge in [0.15, 0.2) is 15.6 Å². The molecule has 2 saturated heterocycles. The lowest BCUT2D eigenvalue weighted by molar-refractivity contribution is -0.279. The molecule has 104 valence electrons. The van der Waals surface area contributed by atoms with Crippen molar-refractivity contribution in [2.45, 2.75) is 25.0 Å². The molecule has 2 fully saturated rings. The Labute approximate surface area is 107 Å². The Morgan fingerprint density at radius 1 is 1.28 bits per heavy atom. The maximum Gasteiger partial charge on any atom is 0.238 e. The molecule has 0 radical (unpaired) electrons. The van der Waals surface area contributed by atoms with E-state index >= 15 is 0 Å². The number of hydrogen-bond donors (Lipinski definition) is 0. The highest BCUT2D eigenvalue weighted by Crippen LogP contribution is 2.29. The molecular formula is C11H19NO5S. The Morgan fingerprint density at radius 3 is 2.61 bits per heavy atom. The molecule has 6 nitrogen and oxygen atoms in total. The molecule has 18 heavy (non-hydrogen) atoms. The summed E-state index contributed by atoms with van der Waals surface area (Å²) < 4.78 is 33.6. The second-order valence-electron chi connectivity index (χ2n) is 4.95. The second kappa shape index (κ2) is 5.14. The van der Waals surface area contributed by atoms with Crippen molar-refractivity contribution >= 4 is 15.7 Å². The van der Waals surface area contributed by atoms with Crippen molar-refractivity contribution in [3.63, 3.8) is 0 Å². The van der Waals surface area contributed by atoms with Crippen LogP contribution in [0.1, 0.15) is 19.3 Å². The van der Waals surface area contributed by atoms with E-state index in [1.165, 1.54) is 4.90 Å². The Balaban J connectivity index is 2.00. The van der Waals surface area contributed by atoms with E-state index in [4.69, 9.17) is 9.47 Å². The van der Waals surface area contributed by atoms with E-state index in [2.05, 4.69) is 0 Å². The van der Waals surface area contributed by atoms with Crippen LogP contribution in [0.3, 0.4) is 0 Å². The highest BCUT2D eigenvalue weighted by Gasteiger charge is 2.40. The van der Waals surface area contributed by atoms with Gasteiger partial charge in [-0.3, -0.25) is 4.79 Å². The van der Waals surface area contributed by atoms with Gasteiger partial charge in [0.2, 0.25) is 5.91 Å². The van der Waals surface area contributed by atoms with Crippen LogP contribution < -0.4 is 0 Å². The smallest absolute Gasteiger partial charge is 0.238 e. The van der Waals surface area contributed by atoms with Crippen LogP contribution in [-0.2, 0) is 24.1 Å². The molecule has 0 saturated carbocycles. The minimum absolute atomic E-state index is 0.335. The van der Waals surface area contributed by atoms with Gasteiger partial charge in [0.1, 0.15) is 5.75 Å². The minimum Gasteiger partial charge on any atom is -0.348 e. The van der Waals surface area contributed by atoms with Crippen molar-refractivity contribution in [2.75, 3.05) is 38.3 Å². The first-order valence-electron chi connectivity index (χ1n) is 6.14. The zero-order chi connectivity index (χ0) is 13.2. The van der Waals surface area contributed by atoms with Gasteiger partial charge in [-0.05, 0) is 12.8 Å². The van der Waals surface area contributed by atoms with Crippen molar-refractivity contribution in [3.8, 4) is 0 Å². The van der Waals surface area contributed by atoms with Crippen molar-refractivity contribution in [1.82, 2.24) is 4.90 Å². The van der Waals surface area contributed by atoms with Gasteiger partial charge in [-0.15, -0.1) is 0 Å². The van der Waals surface area contributed by atoms with Crippen LogP contribution in [0.5, 0.6) is 0 Å². The van der Waals surface area contributed by atoms with E-state index < -0.39 is 21.4 Å². The third-order valence-corrected chi connectivity index (χ3v) is 3.98. The fraction of sp³-hybridized carbons (Fsp3) is 0.909. The molecule has 0 bridgehead atoms. The van der Waals surface area contributed by atoms with Crippen LogP contribution in [-0.4, -0.2) is 63.3 Å². The van der Waals surface area contributed by atoms with Crippen LogP contribution in [0.2, 0.25) is 0 Å². The largest absolute Gasteiger partial charge is 0.348 e. The molecule has 1 atom stereocenters. The van der Waals surface area contributed by atoms with Gasteiger partial charge in [-0.1, -0.05) is 0 Å². The van der Waals surface area contributed by atoms with E-state index in [-0.39, 0.29) is 5.91 Å². The second-order valence-corrected chi connectivity index (χ2v) is 7.09. The third kappa shape index (κ3) is 3.43. The summed E-state index contributed by atoms with van der Waals surface area (Å²) in [6.07, 6.45) is 3.84. The molecule has 1 amide bonds. The fourth-order valence-electron chi connectivity index (χ4n) is 2.35. The van der Waals surface area contributed by atoms with E-state index in [1.807, 2.05) is 0 Å². The van der Waals surface area contributed by atoms with Gasteiger partial charge in [-0.2, -0.15) is 0 Å². The lowest BCUT2D eigenvalue weighted by Crippen LogP contribution is -2.57. The summed E-state index contributed by atoms with van der Waals surface area (Å²) in [5.74, 6) is -1.51. The molecule has 0 N–H and O–H groups in total. The molecule has 2 rings (SSSR count). The van der Waals surface area contributed by atoms with Gasteiger partial charge in [0, 0.05) is 19.2 Å². The number of carbonyl (C=O) groups is 1. The molecule has 2 heterocycles. The summed E-state index contributed by atoms with van der Waals surface area (Å²) in [5, 5.41) is 0. The maximum absolute atomic E-state index is 11.9. The number of ether oxygens (including phenoxy) is 2. The van der Waals surface area contributed by atoms with Gasteiger partial charge >= 0.3 is 0 Å². The Morgan fingerprint density at radius 2 is 2.00 bits per heavy atom. The Bertz CT molecular complexity index is 408. The molecule has 0 aromatic carbocycles. The normalized spacial score (nSPS) is 29.5. The molecule has 0 aromatic heterocycles.